The lowest BCUT2D eigenvalue weighted by atomic mass is 10.1. The van der Waals surface area contributed by atoms with Gasteiger partial charge in [-0.2, -0.15) is 0 Å². The molecular weight excluding hydrogens is 274 g/mol. The maximum atomic E-state index is 11.9. The number of aromatic amines is 3. The highest BCUT2D eigenvalue weighted by Gasteiger charge is 2.20. The molecule has 0 radical (unpaired) electrons. The van der Waals surface area contributed by atoms with E-state index >= 15 is 0 Å². The molecule has 0 aliphatic carbocycles. The van der Waals surface area contributed by atoms with Gasteiger partial charge < -0.3 is 9.97 Å². The molecule has 0 unspecified atom stereocenters. The van der Waals surface area contributed by atoms with Gasteiger partial charge in [0, 0.05) is 30.9 Å². The number of aromatic nitrogens is 4. The number of hydrogen-bond donors (Lipinski definition) is 3. The van der Waals surface area contributed by atoms with Gasteiger partial charge in [-0.25, -0.2) is 4.98 Å². The second-order valence-corrected chi connectivity index (χ2v) is 5.63. The fraction of sp³-hybridized carbons (Fsp3) is 0.462. The molecule has 3 N–H and O–H groups in total. The van der Waals surface area contributed by atoms with Crippen molar-refractivity contribution in [1.29, 1.82) is 0 Å². The number of nitrogens with zero attached hydrogens (tertiary/aromatic N) is 2. The maximum Gasteiger partial charge on any atom is 0.256 e. The zero-order chi connectivity index (χ0) is 14.3. The quantitative estimate of drug-likeness (QED) is 0.729. The number of nitrogens with one attached hydrogen (secondary N) is 3. The van der Waals surface area contributed by atoms with Crippen LogP contribution in [0.1, 0.15) is 28.5 Å². The molecule has 6 nitrogen and oxygen atoms in total. The normalized spacial score (nSPS) is 15.3. The third kappa shape index (κ3) is 2.46. The summed E-state index contributed by atoms with van der Waals surface area (Å²) in [7, 11) is 0. The van der Waals surface area contributed by atoms with E-state index in [1.807, 2.05) is 13.8 Å². The third-order valence-corrected chi connectivity index (χ3v) is 3.94. The van der Waals surface area contributed by atoms with Crippen LogP contribution < -0.4 is 5.56 Å². The summed E-state index contributed by atoms with van der Waals surface area (Å²) in [6, 6.07) is 0. The number of aryl methyl sites for hydroxylation is 2. The largest absolute Gasteiger partial charge is 0.345 e. The van der Waals surface area contributed by atoms with Gasteiger partial charge in [0.1, 0.15) is 5.82 Å². The van der Waals surface area contributed by atoms with Gasteiger partial charge in [-0.15, -0.1) is 0 Å². The fourth-order valence-electron chi connectivity index (χ4n) is 2.56. The minimum atomic E-state index is -0.0831. The average Bonchev–Trinajstić information content (AvgIpc) is 2.69. The lowest BCUT2D eigenvalue weighted by Crippen LogP contribution is -2.35. The van der Waals surface area contributed by atoms with E-state index in [1.54, 1.807) is 0 Å². The summed E-state index contributed by atoms with van der Waals surface area (Å²) in [5.74, 6) is 0.948. The molecule has 0 amide bonds. The Kier molecular flexibility index (Phi) is 3.31. The lowest BCUT2D eigenvalue weighted by Gasteiger charge is -2.26. The molecule has 106 valence electrons. The fourth-order valence-corrected chi connectivity index (χ4v) is 2.77. The van der Waals surface area contributed by atoms with Gasteiger partial charge >= 0.3 is 0 Å². The molecule has 1 aliphatic heterocycles. The minimum Gasteiger partial charge on any atom is -0.345 e. The number of rotatable bonds is 2. The van der Waals surface area contributed by atoms with Crippen LogP contribution in [0.15, 0.2) is 4.79 Å². The van der Waals surface area contributed by atoms with Crippen LogP contribution in [0, 0.1) is 18.6 Å². The molecule has 3 rings (SSSR count). The molecule has 7 heteroatoms. The van der Waals surface area contributed by atoms with Crippen molar-refractivity contribution in [2.75, 3.05) is 6.54 Å². The Morgan fingerprint density at radius 2 is 2.10 bits per heavy atom. The van der Waals surface area contributed by atoms with Crippen molar-refractivity contribution in [2.24, 2.45) is 0 Å². The highest BCUT2D eigenvalue weighted by molar-refractivity contribution is 7.71. The maximum absolute atomic E-state index is 11.9. The van der Waals surface area contributed by atoms with Gasteiger partial charge in [0.2, 0.25) is 0 Å². The van der Waals surface area contributed by atoms with Crippen LogP contribution >= 0.6 is 12.2 Å². The molecule has 0 atom stereocenters. The Hall–Kier alpha value is -1.73. The van der Waals surface area contributed by atoms with Crippen molar-refractivity contribution in [2.45, 2.75) is 33.4 Å². The minimum absolute atomic E-state index is 0.0831. The first-order valence-corrected chi connectivity index (χ1v) is 7.02. The highest BCUT2D eigenvalue weighted by Crippen LogP contribution is 2.15. The summed E-state index contributed by atoms with van der Waals surface area (Å²) in [4.78, 5) is 27.7. The highest BCUT2D eigenvalue weighted by atomic mass is 32.1. The molecule has 0 fully saturated rings. The van der Waals surface area contributed by atoms with Crippen LogP contribution in [-0.2, 0) is 19.5 Å². The number of imidazole rings is 1. The van der Waals surface area contributed by atoms with Gasteiger partial charge in [0.25, 0.3) is 5.56 Å². The smallest absolute Gasteiger partial charge is 0.256 e. The standard InChI is InChI=1S/C13H17N5OS/c1-7-8(2)15-11(14-7)6-18-4-3-10-9(5-18)12(19)17-13(20)16-10/h3-6H2,1-2H3,(H,14,15)(H2,16,17,19,20). The van der Waals surface area contributed by atoms with E-state index in [0.29, 0.717) is 11.3 Å². The molecule has 2 aromatic heterocycles. The van der Waals surface area contributed by atoms with Crippen molar-refractivity contribution in [3.63, 3.8) is 0 Å². The molecule has 2 aromatic rings. The Balaban J connectivity index is 1.82. The van der Waals surface area contributed by atoms with E-state index in [2.05, 4.69) is 24.8 Å². The van der Waals surface area contributed by atoms with E-state index in [1.165, 1.54) is 0 Å². The zero-order valence-electron chi connectivity index (χ0n) is 11.5. The number of hydrogen-bond acceptors (Lipinski definition) is 4. The van der Waals surface area contributed by atoms with Crippen molar-refractivity contribution in [3.05, 3.63) is 43.6 Å². The predicted octanol–water partition coefficient (Wildman–Crippen LogP) is 1.33. The summed E-state index contributed by atoms with van der Waals surface area (Å²) in [6.07, 6.45) is 0.807. The lowest BCUT2D eigenvalue weighted by molar-refractivity contribution is 0.236. The summed E-state index contributed by atoms with van der Waals surface area (Å²) < 4.78 is 0.402. The molecule has 0 spiro atoms. The second-order valence-electron chi connectivity index (χ2n) is 5.22. The van der Waals surface area contributed by atoms with Gasteiger partial charge in [-0.1, -0.05) is 0 Å². The predicted molar refractivity (Wildman–Crippen MR) is 78.1 cm³/mol. The van der Waals surface area contributed by atoms with Gasteiger partial charge in [0.15, 0.2) is 4.77 Å². The molecule has 0 saturated carbocycles. The zero-order valence-corrected chi connectivity index (χ0v) is 12.4. The number of fused-ring (bicyclic) bond motifs is 1. The first kappa shape index (κ1) is 13.3. The summed E-state index contributed by atoms with van der Waals surface area (Å²) >= 11 is 5.00. The topological polar surface area (TPSA) is 80.6 Å². The third-order valence-electron chi connectivity index (χ3n) is 3.74. The first-order chi connectivity index (χ1) is 9.52. The van der Waals surface area contributed by atoms with E-state index in [0.717, 1.165) is 48.0 Å². The molecule has 1 aliphatic rings. The molecule has 0 aromatic carbocycles. The Bertz CT molecular complexity index is 737. The summed E-state index contributed by atoms with van der Waals surface area (Å²) in [6.45, 7) is 6.24. The van der Waals surface area contributed by atoms with E-state index < -0.39 is 0 Å². The van der Waals surface area contributed by atoms with Crippen molar-refractivity contribution in [3.8, 4) is 0 Å². The second kappa shape index (κ2) is 4.99. The van der Waals surface area contributed by atoms with E-state index in [9.17, 15) is 4.79 Å². The molecule has 0 bridgehead atoms. The van der Waals surface area contributed by atoms with Crippen molar-refractivity contribution >= 4 is 12.2 Å². The Morgan fingerprint density at radius 1 is 1.30 bits per heavy atom. The Morgan fingerprint density at radius 3 is 2.80 bits per heavy atom. The monoisotopic (exact) mass is 291 g/mol. The van der Waals surface area contributed by atoms with Gasteiger partial charge in [0.05, 0.1) is 17.8 Å². The van der Waals surface area contributed by atoms with Crippen molar-refractivity contribution < 1.29 is 0 Å². The van der Waals surface area contributed by atoms with E-state index in [4.69, 9.17) is 12.2 Å². The molecule has 20 heavy (non-hydrogen) atoms. The Labute approximate surface area is 121 Å². The number of H-pyrrole nitrogens is 3. The SMILES string of the molecule is Cc1nc(CN2CCc3[nH]c(=S)[nH]c(=O)c3C2)[nH]c1C. The van der Waals surface area contributed by atoms with Gasteiger partial charge in [-0.05, 0) is 26.1 Å². The van der Waals surface area contributed by atoms with Crippen LogP contribution in [0.3, 0.4) is 0 Å². The van der Waals surface area contributed by atoms with E-state index in [-0.39, 0.29) is 5.56 Å². The molecular formula is C13H17N5OS. The van der Waals surface area contributed by atoms with Crippen LogP contribution in [-0.4, -0.2) is 31.4 Å². The van der Waals surface area contributed by atoms with Crippen LogP contribution in [0.4, 0.5) is 0 Å². The van der Waals surface area contributed by atoms with Crippen LogP contribution in [0.5, 0.6) is 0 Å². The van der Waals surface area contributed by atoms with Crippen LogP contribution in [0.2, 0.25) is 0 Å². The van der Waals surface area contributed by atoms with Crippen LogP contribution in [0.25, 0.3) is 0 Å². The first-order valence-electron chi connectivity index (χ1n) is 6.61. The molecule has 0 saturated heterocycles. The summed E-state index contributed by atoms with van der Waals surface area (Å²) in [5.41, 5.74) is 3.78. The molecule has 3 heterocycles. The summed E-state index contributed by atoms with van der Waals surface area (Å²) in [5, 5.41) is 0. The average molecular weight is 291 g/mol. The van der Waals surface area contributed by atoms with Gasteiger partial charge in [-0.3, -0.25) is 14.7 Å². The van der Waals surface area contributed by atoms with Crippen molar-refractivity contribution in [1.82, 2.24) is 24.8 Å².